The van der Waals surface area contributed by atoms with Crippen LogP contribution in [0.4, 0.5) is 5.69 Å². The van der Waals surface area contributed by atoms with Gasteiger partial charge in [-0.25, -0.2) is 0 Å². The van der Waals surface area contributed by atoms with Crippen LogP contribution >= 0.6 is 0 Å². The van der Waals surface area contributed by atoms with E-state index in [2.05, 4.69) is 10.2 Å². The van der Waals surface area contributed by atoms with Crippen LogP contribution in [0.1, 0.15) is 25.7 Å². The maximum absolute atomic E-state index is 13.4. The number of ether oxygens (including phenoxy) is 3. The van der Waals surface area contributed by atoms with Crippen LogP contribution < -0.4 is 19.7 Å². The Hall–Kier alpha value is -1.79. The Labute approximate surface area is 154 Å². The molecular formula is C20H28N2O4. The van der Waals surface area contributed by atoms with Gasteiger partial charge in [0.2, 0.25) is 0 Å². The number of anilines is 1. The lowest BCUT2D eigenvalue weighted by atomic mass is 9.98. The Balaban J connectivity index is 1.66. The van der Waals surface area contributed by atoms with Crippen LogP contribution in [0.15, 0.2) is 18.2 Å². The van der Waals surface area contributed by atoms with Crippen LogP contribution in [0.2, 0.25) is 0 Å². The van der Waals surface area contributed by atoms with Crippen molar-refractivity contribution < 1.29 is 19.0 Å². The number of carbonyl (C=O) groups excluding carboxylic acids is 1. The number of ketones is 1. The zero-order valence-corrected chi connectivity index (χ0v) is 15.6. The molecule has 0 amide bonds. The molecule has 3 aliphatic rings. The number of rotatable bonds is 8. The quantitative estimate of drug-likeness (QED) is 0.765. The van der Waals surface area contributed by atoms with Crippen LogP contribution in [0, 0.1) is 5.92 Å². The second-order valence-corrected chi connectivity index (χ2v) is 7.46. The van der Waals surface area contributed by atoms with Gasteiger partial charge in [0, 0.05) is 43.0 Å². The third kappa shape index (κ3) is 3.67. The number of hydrogen-bond acceptors (Lipinski definition) is 6. The van der Waals surface area contributed by atoms with Crippen molar-refractivity contribution >= 4 is 11.5 Å². The van der Waals surface area contributed by atoms with Gasteiger partial charge in [0.25, 0.3) is 0 Å². The number of nitrogens with one attached hydrogen (secondary N) is 1. The summed E-state index contributed by atoms with van der Waals surface area (Å²) < 4.78 is 16.7. The molecule has 2 aliphatic carbocycles. The molecule has 0 spiro atoms. The van der Waals surface area contributed by atoms with Crippen molar-refractivity contribution in [1.29, 1.82) is 0 Å². The topological polar surface area (TPSA) is 60.0 Å². The molecule has 142 valence electrons. The summed E-state index contributed by atoms with van der Waals surface area (Å²) in [6.07, 6.45) is 4.13. The van der Waals surface area contributed by atoms with E-state index in [0.717, 1.165) is 49.4 Å². The van der Waals surface area contributed by atoms with Crippen molar-refractivity contribution in [1.82, 2.24) is 5.32 Å². The maximum Gasteiger partial charge on any atom is 0.185 e. The summed E-state index contributed by atoms with van der Waals surface area (Å²) in [5, 5.41) is 3.29. The van der Waals surface area contributed by atoms with Crippen LogP contribution in [0.5, 0.6) is 11.5 Å². The van der Waals surface area contributed by atoms with E-state index in [-0.39, 0.29) is 17.9 Å². The van der Waals surface area contributed by atoms with Gasteiger partial charge >= 0.3 is 0 Å². The predicted molar refractivity (Wildman–Crippen MR) is 99.2 cm³/mol. The van der Waals surface area contributed by atoms with Crippen LogP contribution in [-0.4, -0.2) is 57.9 Å². The molecule has 0 bridgehead atoms. The molecule has 26 heavy (non-hydrogen) atoms. The van der Waals surface area contributed by atoms with E-state index in [1.807, 2.05) is 18.2 Å². The fraction of sp³-hybridized carbons (Fsp3) is 0.650. The molecule has 3 fully saturated rings. The molecule has 1 aromatic carbocycles. The fourth-order valence-corrected chi connectivity index (χ4v) is 3.84. The van der Waals surface area contributed by atoms with Crippen LogP contribution in [0.3, 0.4) is 0 Å². The molecule has 1 aromatic rings. The normalized spacial score (nSPS) is 24.0. The maximum atomic E-state index is 13.4. The molecular weight excluding hydrogens is 332 g/mol. The van der Waals surface area contributed by atoms with Crippen LogP contribution in [-0.2, 0) is 9.53 Å². The third-order valence-electron chi connectivity index (χ3n) is 5.48. The monoisotopic (exact) mass is 360 g/mol. The van der Waals surface area contributed by atoms with Gasteiger partial charge in [0.1, 0.15) is 17.6 Å². The zero-order chi connectivity index (χ0) is 18.1. The van der Waals surface area contributed by atoms with E-state index in [1.54, 1.807) is 14.2 Å². The van der Waals surface area contributed by atoms with Crippen LogP contribution in [0.25, 0.3) is 0 Å². The van der Waals surface area contributed by atoms with E-state index < -0.39 is 0 Å². The number of carbonyl (C=O) groups is 1. The summed E-state index contributed by atoms with van der Waals surface area (Å²) >= 11 is 0. The van der Waals surface area contributed by atoms with Gasteiger partial charge in [-0.2, -0.15) is 0 Å². The first-order chi connectivity index (χ1) is 12.7. The molecule has 2 atom stereocenters. The first-order valence-electron chi connectivity index (χ1n) is 9.58. The third-order valence-corrected chi connectivity index (χ3v) is 5.48. The van der Waals surface area contributed by atoms with Crippen molar-refractivity contribution in [2.24, 2.45) is 5.92 Å². The standard InChI is InChI=1S/C20H28N2O4/c1-24-16-9-15(10-17(11-16)25-2)22(14-5-6-14)19(13-3-4-13)20(23)18-12-21-7-8-26-18/h9-11,13-14,18-19,21H,3-8,12H2,1-2H3/t18-,19?/m1/s1. The van der Waals surface area contributed by atoms with E-state index in [4.69, 9.17) is 14.2 Å². The number of benzene rings is 1. The summed E-state index contributed by atoms with van der Waals surface area (Å²) in [6.45, 7) is 2.03. The minimum atomic E-state index is -0.344. The average molecular weight is 360 g/mol. The molecule has 1 unspecified atom stereocenters. The van der Waals surface area contributed by atoms with Gasteiger partial charge < -0.3 is 24.4 Å². The molecule has 6 heteroatoms. The summed E-state index contributed by atoms with van der Waals surface area (Å²) in [4.78, 5) is 15.7. The van der Waals surface area contributed by atoms with E-state index in [9.17, 15) is 4.79 Å². The number of methoxy groups -OCH3 is 2. The second kappa shape index (κ2) is 7.45. The molecule has 6 nitrogen and oxygen atoms in total. The number of nitrogens with zero attached hydrogens (tertiary/aromatic N) is 1. The van der Waals surface area contributed by atoms with Crippen molar-refractivity contribution in [3.05, 3.63) is 18.2 Å². The van der Waals surface area contributed by atoms with Crippen molar-refractivity contribution in [2.45, 2.75) is 43.9 Å². The molecule has 1 saturated heterocycles. The highest BCUT2D eigenvalue weighted by Crippen LogP contribution is 2.44. The highest BCUT2D eigenvalue weighted by molar-refractivity contribution is 5.92. The Morgan fingerprint density at radius 3 is 2.35 bits per heavy atom. The zero-order valence-electron chi connectivity index (χ0n) is 15.6. The number of hydrogen-bond donors (Lipinski definition) is 1. The lowest BCUT2D eigenvalue weighted by molar-refractivity contribution is -0.133. The highest BCUT2D eigenvalue weighted by Gasteiger charge is 2.47. The first kappa shape index (κ1) is 17.6. The van der Waals surface area contributed by atoms with Crippen molar-refractivity contribution in [3.63, 3.8) is 0 Å². The van der Waals surface area contributed by atoms with Crippen molar-refractivity contribution in [3.8, 4) is 11.5 Å². The molecule has 1 N–H and O–H groups in total. The minimum Gasteiger partial charge on any atom is -0.497 e. The van der Waals surface area contributed by atoms with E-state index in [1.165, 1.54) is 0 Å². The van der Waals surface area contributed by atoms with E-state index in [0.29, 0.717) is 25.1 Å². The Bertz CT molecular complexity index is 629. The molecule has 1 heterocycles. The van der Waals surface area contributed by atoms with Crippen molar-refractivity contribution in [2.75, 3.05) is 38.8 Å². The molecule has 1 aliphatic heterocycles. The SMILES string of the molecule is COc1cc(OC)cc(N(C2CC2)C(C(=O)[C@H]2CNCCO2)C2CC2)c1. The van der Waals surface area contributed by atoms with Gasteiger partial charge in [-0.15, -0.1) is 0 Å². The Morgan fingerprint density at radius 2 is 1.85 bits per heavy atom. The fourth-order valence-electron chi connectivity index (χ4n) is 3.84. The largest absolute Gasteiger partial charge is 0.497 e. The summed E-state index contributed by atoms with van der Waals surface area (Å²) in [7, 11) is 3.32. The van der Waals surface area contributed by atoms with Gasteiger partial charge in [-0.1, -0.05) is 0 Å². The average Bonchev–Trinajstić information content (AvgIpc) is 3.58. The minimum absolute atomic E-state index is 0.121. The summed E-state index contributed by atoms with van der Waals surface area (Å²) in [5.41, 5.74) is 1.01. The lowest BCUT2D eigenvalue weighted by Gasteiger charge is -2.36. The highest BCUT2D eigenvalue weighted by atomic mass is 16.5. The smallest absolute Gasteiger partial charge is 0.185 e. The Morgan fingerprint density at radius 1 is 1.15 bits per heavy atom. The molecule has 0 radical (unpaired) electrons. The second-order valence-electron chi connectivity index (χ2n) is 7.46. The molecule has 2 saturated carbocycles. The number of Topliss-reactive ketones (excluding diaryl/α,β-unsaturated/α-hetero) is 1. The van der Waals surface area contributed by atoms with Gasteiger partial charge in [-0.05, 0) is 31.6 Å². The Kier molecular flexibility index (Phi) is 5.05. The van der Waals surface area contributed by atoms with Gasteiger partial charge in [0.15, 0.2) is 5.78 Å². The lowest BCUT2D eigenvalue weighted by Crippen LogP contribution is -2.53. The van der Waals surface area contributed by atoms with E-state index >= 15 is 0 Å². The summed E-state index contributed by atoms with van der Waals surface area (Å²) in [5.74, 6) is 2.14. The summed E-state index contributed by atoms with van der Waals surface area (Å²) in [6, 6.07) is 6.20. The predicted octanol–water partition coefficient (Wildman–Crippen LogP) is 2.01. The molecule has 4 rings (SSSR count). The van der Waals surface area contributed by atoms with Gasteiger partial charge in [0.05, 0.1) is 26.9 Å². The van der Waals surface area contributed by atoms with Gasteiger partial charge in [-0.3, -0.25) is 4.79 Å². The molecule has 0 aromatic heterocycles. The number of morpholine rings is 1. The first-order valence-corrected chi connectivity index (χ1v) is 9.58.